The van der Waals surface area contributed by atoms with Crippen LogP contribution in [0.15, 0.2) is 71.6 Å². The van der Waals surface area contributed by atoms with E-state index in [-0.39, 0.29) is 27.2 Å². The van der Waals surface area contributed by atoms with Gasteiger partial charge in [-0.3, -0.25) is 9.10 Å². The first-order valence-corrected chi connectivity index (χ1v) is 12.0. The van der Waals surface area contributed by atoms with Gasteiger partial charge in [-0.1, -0.05) is 30.7 Å². The third-order valence-electron chi connectivity index (χ3n) is 5.26. The maximum atomic E-state index is 13.2. The lowest BCUT2D eigenvalue weighted by atomic mass is 10.0. The molecule has 3 rings (SSSR count). The topological polar surface area (TPSA) is 75.7 Å². The Hall–Kier alpha value is -3.10. The molecular formula is C24H24ClFN2O4S. The summed E-state index contributed by atoms with van der Waals surface area (Å²) in [7, 11) is -1.08. The van der Waals surface area contributed by atoms with Gasteiger partial charge < -0.3 is 10.1 Å². The number of hydrogen-bond acceptors (Lipinski definition) is 4. The first kappa shape index (κ1) is 24.5. The molecule has 0 fully saturated rings. The largest absolute Gasteiger partial charge is 0.497 e. The molecule has 9 heteroatoms. The van der Waals surface area contributed by atoms with E-state index in [1.807, 2.05) is 19.1 Å². The molecule has 0 saturated heterocycles. The van der Waals surface area contributed by atoms with Crippen molar-refractivity contribution >= 4 is 33.2 Å². The van der Waals surface area contributed by atoms with Gasteiger partial charge in [-0.15, -0.1) is 0 Å². The van der Waals surface area contributed by atoms with Gasteiger partial charge in [-0.25, -0.2) is 12.8 Å². The number of halogens is 2. The highest BCUT2D eigenvalue weighted by molar-refractivity contribution is 7.92. The van der Waals surface area contributed by atoms with Crippen LogP contribution in [0.3, 0.4) is 0 Å². The molecule has 0 radical (unpaired) electrons. The Kier molecular flexibility index (Phi) is 7.61. The van der Waals surface area contributed by atoms with Gasteiger partial charge in [0.25, 0.3) is 15.9 Å². The molecule has 3 aromatic carbocycles. The van der Waals surface area contributed by atoms with E-state index in [0.29, 0.717) is 12.2 Å². The van der Waals surface area contributed by atoms with E-state index in [1.165, 1.54) is 49.5 Å². The molecule has 33 heavy (non-hydrogen) atoms. The lowest BCUT2D eigenvalue weighted by Gasteiger charge is -2.21. The number of sulfonamides is 1. The molecule has 0 bridgehead atoms. The molecular weight excluding hydrogens is 467 g/mol. The summed E-state index contributed by atoms with van der Waals surface area (Å²) < 4.78 is 45.6. The monoisotopic (exact) mass is 490 g/mol. The van der Waals surface area contributed by atoms with E-state index in [2.05, 4.69) is 5.32 Å². The number of methoxy groups -OCH3 is 1. The molecule has 1 N–H and O–H groups in total. The second-order valence-corrected chi connectivity index (χ2v) is 9.67. The van der Waals surface area contributed by atoms with Gasteiger partial charge in [-0.05, 0) is 66.6 Å². The summed E-state index contributed by atoms with van der Waals surface area (Å²) >= 11 is 6.24. The summed E-state index contributed by atoms with van der Waals surface area (Å²) in [4.78, 5) is 12.9. The van der Waals surface area contributed by atoms with Gasteiger partial charge in [0.1, 0.15) is 11.6 Å². The minimum atomic E-state index is -4.01. The van der Waals surface area contributed by atoms with E-state index in [0.717, 1.165) is 9.87 Å². The van der Waals surface area contributed by atoms with Crippen LogP contribution in [0, 0.1) is 5.82 Å². The highest BCUT2D eigenvalue weighted by Crippen LogP contribution is 2.27. The maximum absolute atomic E-state index is 13.2. The van der Waals surface area contributed by atoms with E-state index < -0.39 is 21.7 Å². The Morgan fingerprint density at radius 3 is 2.30 bits per heavy atom. The van der Waals surface area contributed by atoms with Crippen LogP contribution in [0.5, 0.6) is 5.75 Å². The van der Waals surface area contributed by atoms with Crippen molar-refractivity contribution in [3.8, 4) is 5.75 Å². The number of anilines is 1. The molecule has 0 spiro atoms. The smallest absolute Gasteiger partial charge is 0.264 e. The minimum absolute atomic E-state index is 0.0391. The number of rotatable bonds is 8. The highest BCUT2D eigenvalue weighted by atomic mass is 35.5. The number of amides is 1. The van der Waals surface area contributed by atoms with Crippen LogP contribution in [0.2, 0.25) is 5.02 Å². The van der Waals surface area contributed by atoms with Gasteiger partial charge in [-0.2, -0.15) is 0 Å². The summed E-state index contributed by atoms with van der Waals surface area (Å²) in [6, 6.07) is 16.0. The fourth-order valence-electron chi connectivity index (χ4n) is 3.28. The van der Waals surface area contributed by atoms with Crippen LogP contribution in [-0.4, -0.2) is 28.5 Å². The Morgan fingerprint density at radius 1 is 1.09 bits per heavy atom. The Labute approximate surface area is 198 Å². The van der Waals surface area contributed by atoms with Crippen LogP contribution in [0.1, 0.15) is 35.3 Å². The van der Waals surface area contributed by atoms with Crippen molar-refractivity contribution in [3.63, 3.8) is 0 Å². The van der Waals surface area contributed by atoms with Crippen LogP contribution in [0.25, 0.3) is 0 Å². The van der Waals surface area contributed by atoms with Gasteiger partial charge in [0.15, 0.2) is 0 Å². The predicted molar refractivity (Wildman–Crippen MR) is 127 cm³/mol. The van der Waals surface area contributed by atoms with E-state index in [1.54, 1.807) is 19.2 Å². The normalized spacial score (nSPS) is 12.2. The van der Waals surface area contributed by atoms with Crippen molar-refractivity contribution in [2.75, 3.05) is 18.5 Å². The van der Waals surface area contributed by atoms with Crippen LogP contribution < -0.4 is 14.4 Å². The van der Waals surface area contributed by atoms with Gasteiger partial charge in [0, 0.05) is 7.05 Å². The second-order valence-electron chi connectivity index (χ2n) is 7.30. The quantitative estimate of drug-likeness (QED) is 0.471. The summed E-state index contributed by atoms with van der Waals surface area (Å²) in [6.07, 6.45) is 0.612. The van der Waals surface area contributed by atoms with Crippen LogP contribution in [0.4, 0.5) is 10.1 Å². The van der Waals surface area contributed by atoms with Crippen molar-refractivity contribution in [2.24, 2.45) is 0 Å². The molecule has 0 aliphatic rings. The summed E-state index contributed by atoms with van der Waals surface area (Å²) in [5.41, 5.74) is 1.20. The maximum Gasteiger partial charge on any atom is 0.264 e. The van der Waals surface area contributed by atoms with Crippen LogP contribution in [-0.2, 0) is 10.0 Å². The zero-order valence-corrected chi connectivity index (χ0v) is 20.0. The summed E-state index contributed by atoms with van der Waals surface area (Å²) in [5, 5.41) is 3.03. The number of nitrogens with zero attached hydrogens (tertiary/aromatic N) is 1. The average Bonchev–Trinajstić information content (AvgIpc) is 2.82. The zero-order valence-electron chi connectivity index (χ0n) is 18.4. The summed E-state index contributed by atoms with van der Waals surface area (Å²) in [5.74, 6) is -0.271. The SMILES string of the molecule is CCC(NC(=O)c1cc(S(=O)(=O)N(C)c2ccc(F)cc2)ccc1Cl)c1ccc(OC)cc1. The molecule has 0 aliphatic heterocycles. The van der Waals surface area contributed by atoms with Crippen LogP contribution >= 0.6 is 11.6 Å². The Morgan fingerprint density at radius 2 is 1.73 bits per heavy atom. The fraction of sp³-hybridized carbons (Fsp3) is 0.208. The van der Waals surface area contributed by atoms with Crippen molar-refractivity contribution in [1.82, 2.24) is 5.32 Å². The minimum Gasteiger partial charge on any atom is -0.497 e. The molecule has 0 saturated carbocycles. The van der Waals surface area contributed by atoms with Crippen molar-refractivity contribution in [3.05, 3.63) is 88.7 Å². The Bertz CT molecular complexity index is 1230. The van der Waals surface area contributed by atoms with Gasteiger partial charge >= 0.3 is 0 Å². The molecule has 3 aromatic rings. The highest BCUT2D eigenvalue weighted by Gasteiger charge is 2.24. The van der Waals surface area contributed by atoms with Crippen molar-refractivity contribution in [1.29, 1.82) is 0 Å². The molecule has 1 unspecified atom stereocenters. The number of carbonyl (C=O) groups is 1. The number of benzene rings is 3. The molecule has 174 valence electrons. The second kappa shape index (κ2) is 10.2. The van der Waals surface area contributed by atoms with Crippen molar-refractivity contribution in [2.45, 2.75) is 24.3 Å². The zero-order chi connectivity index (χ0) is 24.2. The first-order chi connectivity index (χ1) is 15.7. The van der Waals surface area contributed by atoms with Crippen molar-refractivity contribution < 1.29 is 22.3 Å². The van der Waals surface area contributed by atoms with Gasteiger partial charge in [0.05, 0.1) is 34.3 Å². The third-order valence-corrected chi connectivity index (χ3v) is 7.37. The molecule has 1 amide bonds. The summed E-state index contributed by atoms with van der Waals surface area (Å²) in [6.45, 7) is 1.93. The molecule has 1 atom stereocenters. The lowest BCUT2D eigenvalue weighted by Crippen LogP contribution is -2.29. The molecule has 0 heterocycles. The Balaban J connectivity index is 1.87. The number of nitrogens with one attached hydrogen (secondary N) is 1. The number of hydrogen-bond donors (Lipinski definition) is 1. The number of carbonyl (C=O) groups excluding carboxylic acids is 1. The molecule has 0 aromatic heterocycles. The molecule has 6 nitrogen and oxygen atoms in total. The predicted octanol–water partition coefficient (Wildman–Crippen LogP) is 5.19. The third kappa shape index (κ3) is 5.46. The standard InChI is InChI=1S/C24H24ClFN2O4S/c1-4-23(16-5-11-19(32-3)12-6-16)27-24(29)21-15-20(13-14-22(21)25)33(30,31)28(2)18-9-7-17(26)8-10-18/h5-15,23H,4H2,1-3H3,(H,27,29). The number of ether oxygens (including phenoxy) is 1. The van der Waals surface area contributed by atoms with E-state index >= 15 is 0 Å². The van der Waals surface area contributed by atoms with Gasteiger partial charge in [0.2, 0.25) is 0 Å². The average molecular weight is 491 g/mol. The lowest BCUT2D eigenvalue weighted by molar-refractivity contribution is 0.0935. The fourth-order valence-corrected chi connectivity index (χ4v) is 4.71. The first-order valence-electron chi connectivity index (χ1n) is 10.2. The van der Waals surface area contributed by atoms with E-state index in [9.17, 15) is 17.6 Å². The van der Waals surface area contributed by atoms with E-state index in [4.69, 9.17) is 16.3 Å². The molecule has 0 aliphatic carbocycles.